The van der Waals surface area contributed by atoms with Gasteiger partial charge in [-0.3, -0.25) is 0 Å². The van der Waals surface area contributed by atoms with Crippen LogP contribution in [0.4, 0.5) is 0 Å². The van der Waals surface area contributed by atoms with Gasteiger partial charge in [0.1, 0.15) is 0 Å². The highest BCUT2D eigenvalue weighted by atomic mass is 14.1. The molecule has 0 heteroatoms. The first-order valence-corrected chi connectivity index (χ1v) is 7.62. The molecule has 0 unspecified atom stereocenters. The molecule has 0 aliphatic heterocycles. The maximum atomic E-state index is 4.25. The summed E-state index contributed by atoms with van der Waals surface area (Å²) in [5, 5.41) is 0. The van der Waals surface area contributed by atoms with Crippen LogP contribution in [-0.4, -0.2) is 0 Å². The number of hydrogen-bond acceptors (Lipinski definition) is 0. The Kier molecular flexibility index (Phi) is 5.17. The van der Waals surface area contributed by atoms with Gasteiger partial charge in [-0.15, -0.1) is 0 Å². The molecule has 0 heterocycles. The molecule has 0 spiro atoms. The van der Waals surface area contributed by atoms with E-state index in [0.717, 1.165) is 18.4 Å². The molecule has 0 fully saturated rings. The average molecular weight is 264 g/mol. The Bertz CT molecular complexity index is 492. The van der Waals surface area contributed by atoms with E-state index in [1.165, 1.54) is 35.1 Å². The van der Waals surface area contributed by atoms with Crippen LogP contribution >= 0.6 is 0 Å². The van der Waals surface area contributed by atoms with Crippen molar-refractivity contribution < 1.29 is 0 Å². The molecule has 0 atom stereocenters. The number of aryl methyl sites for hydroxylation is 2. The Hall–Kier alpha value is -1.82. The highest BCUT2D eigenvalue weighted by molar-refractivity contribution is 5.78. The van der Waals surface area contributed by atoms with E-state index < -0.39 is 0 Å². The van der Waals surface area contributed by atoms with Crippen molar-refractivity contribution in [1.29, 1.82) is 0 Å². The normalized spacial score (nSPS) is 10.5. The van der Waals surface area contributed by atoms with Gasteiger partial charge in [-0.25, -0.2) is 0 Å². The summed E-state index contributed by atoms with van der Waals surface area (Å²) in [6.07, 6.45) is 4.69. The van der Waals surface area contributed by atoms with Crippen molar-refractivity contribution >= 4 is 5.57 Å². The zero-order valence-corrected chi connectivity index (χ0v) is 12.7. The largest absolute Gasteiger partial charge is 0.0906 e. The van der Waals surface area contributed by atoms with E-state index in [2.05, 4.69) is 69.0 Å². The Morgan fingerprint density at radius 3 is 1.35 bits per heavy atom. The fourth-order valence-electron chi connectivity index (χ4n) is 2.49. The van der Waals surface area contributed by atoms with Crippen LogP contribution in [0.2, 0.25) is 0 Å². The summed E-state index contributed by atoms with van der Waals surface area (Å²) >= 11 is 0. The highest BCUT2D eigenvalue weighted by Gasteiger charge is 2.03. The molecule has 0 amide bonds. The van der Waals surface area contributed by atoms with Gasteiger partial charge in [0.25, 0.3) is 0 Å². The summed E-state index contributed by atoms with van der Waals surface area (Å²) in [7, 11) is 0. The number of hydrogen-bond donors (Lipinski definition) is 0. The topological polar surface area (TPSA) is 0 Å². The maximum Gasteiger partial charge on any atom is -0.0183 e. The Balaban J connectivity index is 2.13. The summed E-state index contributed by atoms with van der Waals surface area (Å²) in [5.41, 5.74) is 6.35. The fourth-order valence-corrected chi connectivity index (χ4v) is 2.49. The predicted octanol–water partition coefficient (Wildman–Crippen LogP) is 5.65. The monoisotopic (exact) mass is 264 g/mol. The third kappa shape index (κ3) is 3.60. The third-order valence-corrected chi connectivity index (χ3v) is 3.68. The van der Waals surface area contributed by atoms with Crippen LogP contribution in [0.15, 0.2) is 55.1 Å². The lowest BCUT2D eigenvalue weighted by atomic mass is 9.96. The predicted molar refractivity (Wildman–Crippen MR) is 89.0 cm³/mol. The van der Waals surface area contributed by atoms with E-state index in [1.54, 1.807) is 0 Å². The minimum atomic E-state index is 1.11. The molecule has 0 aliphatic carbocycles. The van der Waals surface area contributed by atoms with Crippen molar-refractivity contribution in [2.75, 3.05) is 0 Å². The lowest BCUT2D eigenvalue weighted by molar-refractivity contribution is 0.921. The van der Waals surface area contributed by atoms with Crippen LogP contribution in [-0.2, 0) is 12.8 Å². The zero-order chi connectivity index (χ0) is 14.4. The smallest absolute Gasteiger partial charge is 0.0183 e. The van der Waals surface area contributed by atoms with E-state index in [0.29, 0.717) is 0 Å². The van der Waals surface area contributed by atoms with E-state index in [4.69, 9.17) is 0 Å². The Morgan fingerprint density at radius 1 is 0.700 bits per heavy atom. The number of benzene rings is 2. The first-order chi connectivity index (χ1) is 9.74. The third-order valence-electron chi connectivity index (χ3n) is 3.68. The average Bonchev–Trinajstić information content (AvgIpc) is 2.49. The molecule has 0 aliphatic rings. The second kappa shape index (κ2) is 7.09. The van der Waals surface area contributed by atoms with Gasteiger partial charge in [0.15, 0.2) is 0 Å². The minimum absolute atomic E-state index is 1.11. The molecule has 2 aromatic rings. The van der Waals surface area contributed by atoms with Gasteiger partial charge in [0.2, 0.25) is 0 Å². The molecule has 0 aromatic heterocycles. The van der Waals surface area contributed by atoms with Crippen LogP contribution in [0, 0.1) is 0 Å². The van der Waals surface area contributed by atoms with Gasteiger partial charge in [0, 0.05) is 0 Å². The molecule has 0 radical (unpaired) electrons. The molecule has 0 bridgehead atoms. The van der Waals surface area contributed by atoms with E-state index in [-0.39, 0.29) is 0 Å². The summed E-state index contributed by atoms with van der Waals surface area (Å²) in [6, 6.07) is 17.6. The van der Waals surface area contributed by atoms with Gasteiger partial charge >= 0.3 is 0 Å². The second-order valence-electron chi connectivity index (χ2n) is 5.37. The minimum Gasteiger partial charge on any atom is -0.0906 e. The first kappa shape index (κ1) is 14.6. The lowest BCUT2D eigenvalue weighted by Gasteiger charge is -2.08. The van der Waals surface area contributed by atoms with Gasteiger partial charge in [-0.1, -0.05) is 81.8 Å². The molecule has 2 rings (SSSR count). The molecule has 0 saturated carbocycles. The zero-order valence-electron chi connectivity index (χ0n) is 12.7. The van der Waals surface area contributed by atoms with Crippen molar-refractivity contribution in [3.05, 3.63) is 77.4 Å². The van der Waals surface area contributed by atoms with Gasteiger partial charge < -0.3 is 0 Å². The highest BCUT2D eigenvalue weighted by Crippen LogP contribution is 2.22. The van der Waals surface area contributed by atoms with Crippen molar-refractivity contribution in [2.24, 2.45) is 0 Å². The second-order valence-corrected chi connectivity index (χ2v) is 5.37. The van der Waals surface area contributed by atoms with Crippen molar-refractivity contribution in [1.82, 2.24) is 0 Å². The SMILES string of the molecule is C=C(c1ccc(CCC)cc1)c1ccc(CCC)cc1. The quantitative estimate of drug-likeness (QED) is 0.632. The van der Waals surface area contributed by atoms with E-state index in [1.807, 2.05) is 0 Å². The molecule has 20 heavy (non-hydrogen) atoms. The fraction of sp³-hybridized carbons (Fsp3) is 0.300. The molecular formula is C20H24. The number of rotatable bonds is 6. The van der Waals surface area contributed by atoms with E-state index in [9.17, 15) is 0 Å². The molecule has 0 saturated heterocycles. The summed E-state index contributed by atoms with van der Waals surface area (Å²) in [5.74, 6) is 0. The summed E-state index contributed by atoms with van der Waals surface area (Å²) < 4.78 is 0. The Morgan fingerprint density at radius 2 is 1.05 bits per heavy atom. The first-order valence-electron chi connectivity index (χ1n) is 7.62. The van der Waals surface area contributed by atoms with Crippen LogP contribution in [0.3, 0.4) is 0 Å². The van der Waals surface area contributed by atoms with Crippen LogP contribution < -0.4 is 0 Å². The van der Waals surface area contributed by atoms with Crippen LogP contribution in [0.1, 0.15) is 48.9 Å². The van der Waals surface area contributed by atoms with Crippen molar-refractivity contribution in [3.63, 3.8) is 0 Å². The maximum absolute atomic E-state index is 4.25. The molecule has 2 aromatic carbocycles. The van der Waals surface area contributed by atoms with Crippen molar-refractivity contribution in [2.45, 2.75) is 39.5 Å². The lowest BCUT2D eigenvalue weighted by Crippen LogP contribution is -1.90. The van der Waals surface area contributed by atoms with Gasteiger partial charge in [0.05, 0.1) is 0 Å². The van der Waals surface area contributed by atoms with Gasteiger partial charge in [-0.05, 0) is 40.7 Å². The molecule has 104 valence electrons. The van der Waals surface area contributed by atoms with Crippen LogP contribution in [0.5, 0.6) is 0 Å². The van der Waals surface area contributed by atoms with E-state index >= 15 is 0 Å². The van der Waals surface area contributed by atoms with Crippen molar-refractivity contribution in [3.8, 4) is 0 Å². The van der Waals surface area contributed by atoms with Crippen LogP contribution in [0.25, 0.3) is 5.57 Å². The standard InChI is InChI=1S/C20H24/c1-4-6-17-8-12-19(13-9-17)16(3)20-14-10-18(7-5-2)11-15-20/h8-15H,3-7H2,1-2H3. The van der Waals surface area contributed by atoms with Gasteiger partial charge in [-0.2, -0.15) is 0 Å². The molecular weight excluding hydrogens is 240 g/mol. The molecule has 0 nitrogen and oxygen atoms in total. The summed E-state index contributed by atoms with van der Waals surface area (Å²) in [4.78, 5) is 0. The Labute approximate surface area is 123 Å². The summed E-state index contributed by atoms with van der Waals surface area (Å²) in [6.45, 7) is 8.67. The molecule has 0 N–H and O–H groups in total.